The number of hydrogen-bond acceptors (Lipinski definition) is 3. The summed E-state index contributed by atoms with van der Waals surface area (Å²) >= 11 is 0. The van der Waals surface area contributed by atoms with Crippen molar-refractivity contribution in [1.29, 1.82) is 0 Å². The predicted molar refractivity (Wildman–Crippen MR) is 51.4 cm³/mol. The van der Waals surface area contributed by atoms with Gasteiger partial charge < -0.3 is 10.1 Å². The fraction of sp³-hybridized carbons (Fsp3) is 0.700. The minimum Gasteiger partial charge on any atom is -0.469 e. The van der Waals surface area contributed by atoms with Crippen molar-refractivity contribution in [2.45, 2.75) is 19.8 Å². The normalized spacial score (nSPS) is 19.1. The summed E-state index contributed by atoms with van der Waals surface area (Å²) in [5, 5.41) is 3.29. The Kier molecular flexibility index (Phi) is 3.96. The Labute approximate surface area is 79.2 Å². The second-order valence-electron chi connectivity index (χ2n) is 3.43. The van der Waals surface area contributed by atoms with E-state index in [1.54, 1.807) is 0 Å². The zero-order chi connectivity index (χ0) is 9.68. The molecule has 0 amide bonds. The molecule has 0 spiro atoms. The lowest BCUT2D eigenvalue weighted by Crippen LogP contribution is -2.26. The minimum atomic E-state index is -0.126. The van der Waals surface area contributed by atoms with Gasteiger partial charge in [0.1, 0.15) is 0 Å². The van der Waals surface area contributed by atoms with E-state index in [9.17, 15) is 4.79 Å². The molecule has 0 aromatic heterocycles. The van der Waals surface area contributed by atoms with Crippen LogP contribution < -0.4 is 5.32 Å². The zero-order valence-corrected chi connectivity index (χ0v) is 8.30. The van der Waals surface area contributed by atoms with Gasteiger partial charge in [0.15, 0.2) is 0 Å². The fourth-order valence-corrected chi connectivity index (χ4v) is 1.50. The minimum absolute atomic E-state index is 0.126. The van der Waals surface area contributed by atoms with Crippen LogP contribution >= 0.6 is 0 Å². The van der Waals surface area contributed by atoms with E-state index in [0.29, 0.717) is 12.3 Å². The number of nitrogens with one attached hydrogen (secondary N) is 1. The van der Waals surface area contributed by atoms with Crippen LogP contribution in [0.25, 0.3) is 0 Å². The van der Waals surface area contributed by atoms with Gasteiger partial charge in [-0.15, -0.1) is 0 Å². The van der Waals surface area contributed by atoms with Gasteiger partial charge in [0.2, 0.25) is 0 Å². The molecular formula is C10H17NO2. The maximum Gasteiger partial charge on any atom is 0.306 e. The summed E-state index contributed by atoms with van der Waals surface area (Å²) in [5.74, 6) is 0.180. The van der Waals surface area contributed by atoms with Crippen LogP contribution in [-0.2, 0) is 9.53 Å². The molecule has 3 heteroatoms. The standard InChI is InChI=1S/C10H17NO2/c1-8(6-10(12)13-2)9-4-3-5-11-7-9/h4,8,11H,3,5-7H2,1-2H3. The fourth-order valence-electron chi connectivity index (χ4n) is 1.50. The summed E-state index contributed by atoms with van der Waals surface area (Å²) < 4.78 is 4.63. The Balaban J connectivity index is 2.41. The van der Waals surface area contributed by atoms with Crippen LogP contribution in [0.2, 0.25) is 0 Å². The van der Waals surface area contributed by atoms with Gasteiger partial charge in [0.25, 0.3) is 0 Å². The highest BCUT2D eigenvalue weighted by molar-refractivity contribution is 5.69. The van der Waals surface area contributed by atoms with Crippen LogP contribution in [0.3, 0.4) is 0 Å². The van der Waals surface area contributed by atoms with Crippen molar-refractivity contribution >= 4 is 5.97 Å². The molecule has 1 unspecified atom stereocenters. The molecule has 0 aromatic rings. The van der Waals surface area contributed by atoms with Crippen molar-refractivity contribution in [1.82, 2.24) is 5.32 Å². The van der Waals surface area contributed by atoms with Crippen molar-refractivity contribution in [2.75, 3.05) is 20.2 Å². The monoisotopic (exact) mass is 183 g/mol. The van der Waals surface area contributed by atoms with Gasteiger partial charge in [-0.25, -0.2) is 0 Å². The quantitative estimate of drug-likeness (QED) is 0.526. The Hall–Kier alpha value is -0.830. The number of rotatable bonds is 3. The molecule has 13 heavy (non-hydrogen) atoms. The van der Waals surface area contributed by atoms with E-state index in [-0.39, 0.29) is 5.97 Å². The molecule has 0 bridgehead atoms. The zero-order valence-electron chi connectivity index (χ0n) is 8.30. The van der Waals surface area contributed by atoms with E-state index in [0.717, 1.165) is 19.5 Å². The first-order valence-corrected chi connectivity index (χ1v) is 4.70. The van der Waals surface area contributed by atoms with E-state index in [1.165, 1.54) is 12.7 Å². The average Bonchev–Trinajstić information content (AvgIpc) is 2.19. The van der Waals surface area contributed by atoms with Crippen LogP contribution in [0.1, 0.15) is 19.8 Å². The highest BCUT2D eigenvalue weighted by Crippen LogP contribution is 2.17. The summed E-state index contributed by atoms with van der Waals surface area (Å²) in [4.78, 5) is 11.0. The summed E-state index contributed by atoms with van der Waals surface area (Å²) in [6.07, 6.45) is 3.79. The first-order chi connectivity index (χ1) is 6.24. The van der Waals surface area contributed by atoms with Crippen molar-refractivity contribution in [3.8, 4) is 0 Å². The number of hydrogen-bond donors (Lipinski definition) is 1. The molecule has 74 valence electrons. The Morgan fingerprint density at radius 2 is 2.54 bits per heavy atom. The molecule has 3 nitrogen and oxygen atoms in total. The molecule has 0 aliphatic carbocycles. The van der Waals surface area contributed by atoms with E-state index < -0.39 is 0 Å². The molecule has 0 aromatic carbocycles. The molecule has 0 saturated heterocycles. The Bertz CT molecular complexity index is 211. The lowest BCUT2D eigenvalue weighted by atomic mass is 9.95. The number of ether oxygens (including phenoxy) is 1. The third kappa shape index (κ3) is 3.19. The number of methoxy groups -OCH3 is 1. The largest absolute Gasteiger partial charge is 0.469 e. The van der Waals surface area contributed by atoms with Gasteiger partial charge in [-0.3, -0.25) is 4.79 Å². The smallest absolute Gasteiger partial charge is 0.306 e. The van der Waals surface area contributed by atoms with Crippen molar-refractivity contribution < 1.29 is 9.53 Å². The topological polar surface area (TPSA) is 38.3 Å². The lowest BCUT2D eigenvalue weighted by molar-refractivity contribution is -0.141. The second-order valence-corrected chi connectivity index (χ2v) is 3.43. The summed E-state index contributed by atoms with van der Waals surface area (Å²) in [6.45, 7) is 4.03. The third-order valence-electron chi connectivity index (χ3n) is 2.39. The molecule has 0 radical (unpaired) electrons. The van der Waals surface area contributed by atoms with Crippen LogP contribution in [0, 0.1) is 5.92 Å². The summed E-state index contributed by atoms with van der Waals surface area (Å²) in [6, 6.07) is 0. The van der Waals surface area contributed by atoms with E-state index >= 15 is 0 Å². The van der Waals surface area contributed by atoms with Crippen molar-refractivity contribution in [2.24, 2.45) is 5.92 Å². The maximum atomic E-state index is 11.0. The lowest BCUT2D eigenvalue weighted by Gasteiger charge is -2.19. The van der Waals surface area contributed by atoms with E-state index in [1.807, 2.05) is 0 Å². The number of carbonyl (C=O) groups is 1. The van der Waals surface area contributed by atoms with Gasteiger partial charge in [-0.05, 0) is 18.9 Å². The third-order valence-corrected chi connectivity index (χ3v) is 2.39. The maximum absolute atomic E-state index is 11.0. The van der Waals surface area contributed by atoms with Crippen LogP contribution in [0.4, 0.5) is 0 Å². The second kappa shape index (κ2) is 5.02. The Morgan fingerprint density at radius 3 is 3.08 bits per heavy atom. The highest BCUT2D eigenvalue weighted by Gasteiger charge is 2.14. The molecule has 1 atom stereocenters. The van der Waals surface area contributed by atoms with Gasteiger partial charge >= 0.3 is 5.97 Å². The van der Waals surface area contributed by atoms with Gasteiger partial charge in [0, 0.05) is 6.54 Å². The Morgan fingerprint density at radius 1 is 1.77 bits per heavy atom. The van der Waals surface area contributed by atoms with Gasteiger partial charge in [-0.2, -0.15) is 0 Å². The number of carbonyl (C=O) groups excluding carboxylic acids is 1. The molecule has 1 aliphatic rings. The van der Waals surface area contributed by atoms with E-state index in [2.05, 4.69) is 23.1 Å². The average molecular weight is 183 g/mol. The molecule has 0 saturated carbocycles. The first-order valence-electron chi connectivity index (χ1n) is 4.70. The van der Waals surface area contributed by atoms with Gasteiger partial charge in [-0.1, -0.05) is 18.6 Å². The van der Waals surface area contributed by atoms with Crippen LogP contribution in [-0.4, -0.2) is 26.2 Å². The van der Waals surface area contributed by atoms with E-state index in [4.69, 9.17) is 0 Å². The summed E-state index contributed by atoms with van der Waals surface area (Å²) in [5.41, 5.74) is 1.33. The molecule has 1 heterocycles. The number of esters is 1. The molecular weight excluding hydrogens is 166 g/mol. The van der Waals surface area contributed by atoms with Gasteiger partial charge in [0.05, 0.1) is 13.5 Å². The molecule has 1 N–H and O–H groups in total. The van der Waals surface area contributed by atoms with Crippen molar-refractivity contribution in [3.05, 3.63) is 11.6 Å². The first kappa shape index (κ1) is 10.3. The van der Waals surface area contributed by atoms with Crippen molar-refractivity contribution in [3.63, 3.8) is 0 Å². The molecule has 1 rings (SSSR count). The predicted octanol–water partition coefficient (Wildman–Crippen LogP) is 1.11. The van der Waals surface area contributed by atoms with Crippen LogP contribution in [0.5, 0.6) is 0 Å². The summed E-state index contributed by atoms with van der Waals surface area (Å²) in [7, 11) is 1.43. The van der Waals surface area contributed by atoms with Crippen LogP contribution in [0.15, 0.2) is 11.6 Å². The highest BCUT2D eigenvalue weighted by atomic mass is 16.5. The molecule has 0 fully saturated rings. The SMILES string of the molecule is COC(=O)CC(C)C1=CCCNC1. The molecule has 1 aliphatic heterocycles.